The maximum absolute atomic E-state index is 12.7. The third kappa shape index (κ3) is 3.57. The van der Waals surface area contributed by atoms with Crippen LogP contribution in [0.3, 0.4) is 0 Å². The van der Waals surface area contributed by atoms with Gasteiger partial charge in [-0.1, -0.05) is 0 Å². The van der Waals surface area contributed by atoms with Gasteiger partial charge < -0.3 is 30.7 Å². The van der Waals surface area contributed by atoms with Gasteiger partial charge in [0.25, 0.3) is 10.0 Å². The van der Waals surface area contributed by atoms with E-state index < -0.39 is 15.8 Å². The summed E-state index contributed by atoms with van der Waals surface area (Å²) < 4.78 is 32.4. The number of imidazole rings is 2. The first-order valence-electron chi connectivity index (χ1n) is 10.2. The Hall–Kier alpha value is -3.62. The van der Waals surface area contributed by atoms with Crippen molar-refractivity contribution in [2.24, 2.45) is 16.5 Å². The first-order chi connectivity index (χ1) is 15.8. The Bertz CT molecular complexity index is 1300. The normalized spacial score (nSPS) is 21.3. The quantitative estimate of drug-likeness (QED) is 0.328. The molecular weight excluding hydrogens is 448 g/mol. The van der Waals surface area contributed by atoms with Crippen molar-refractivity contribution in [2.45, 2.75) is 10.8 Å². The van der Waals surface area contributed by atoms with E-state index >= 15 is 0 Å². The summed E-state index contributed by atoms with van der Waals surface area (Å²) >= 11 is 0. The van der Waals surface area contributed by atoms with Crippen LogP contribution < -0.4 is 26.4 Å². The Morgan fingerprint density at radius 3 is 2.64 bits per heavy atom. The van der Waals surface area contributed by atoms with Crippen LogP contribution >= 0.6 is 0 Å². The number of anilines is 2. The zero-order valence-corrected chi connectivity index (χ0v) is 18.6. The van der Waals surface area contributed by atoms with Crippen LogP contribution in [0.15, 0.2) is 47.1 Å². The molecule has 0 bridgehead atoms. The molecule has 0 spiro atoms. The minimum Gasteiger partial charge on any atom is -0.496 e. The molecule has 2 aliphatic heterocycles. The van der Waals surface area contributed by atoms with Crippen molar-refractivity contribution in [3.05, 3.63) is 48.3 Å². The lowest BCUT2D eigenvalue weighted by atomic mass is 10.0. The van der Waals surface area contributed by atoms with Crippen LogP contribution in [0.1, 0.15) is 11.3 Å². The number of amidine groups is 1. The Balaban J connectivity index is 1.36. The second kappa shape index (κ2) is 7.75. The molecule has 0 saturated carbocycles. The van der Waals surface area contributed by atoms with Crippen LogP contribution in [-0.4, -0.2) is 71.8 Å². The standard InChI is InChI=1S/C19H24N10O3S/c1-32-14-8-12(28-4-6-29(7-5-28)33(30,31)15-9-22-10-23-15)2-3-13(14)19(21)26-17(20)16-18(27-19)25-11-24-16/h2-3,8-11,27H,4-7,21H2,1H3,(H2,20,26)(H,22,23)(H,24,25). The van der Waals surface area contributed by atoms with E-state index in [2.05, 4.69) is 35.1 Å². The minimum absolute atomic E-state index is 0.0232. The number of aliphatic imine (C=N–C) groups is 1. The molecule has 1 atom stereocenters. The maximum atomic E-state index is 12.7. The van der Waals surface area contributed by atoms with Crippen LogP contribution in [-0.2, 0) is 15.8 Å². The first-order valence-corrected chi connectivity index (χ1v) is 11.6. The van der Waals surface area contributed by atoms with E-state index in [-0.39, 0.29) is 10.9 Å². The number of sulfonamides is 1. The van der Waals surface area contributed by atoms with Crippen molar-refractivity contribution >= 4 is 27.4 Å². The van der Waals surface area contributed by atoms with Crippen molar-refractivity contribution in [3.8, 4) is 5.75 Å². The third-order valence-electron chi connectivity index (χ3n) is 5.78. The van der Waals surface area contributed by atoms with Gasteiger partial charge in [0.15, 0.2) is 16.7 Å². The van der Waals surface area contributed by atoms with Gasteiger partial charge in [0.05, 0.1) is 25.3 Å². The summed E-state index contributed by atoms with van der Waals surface area (Å²) in [6.45, 7) is 1.70. The minimum atomic E-state index is -3.61. The van der Waals surface area contributed by atoms with Crippen LogP contribution in [0.4, 0.5) is 11.5 Å². The lowest BCUT2D eigenvalue weighted by molar-refractivity contribution is 0.381. The number of piperazine rings is 1. The first kappa shape index (κ1) is 21.2. The van der Waals surface area contributed by atoms with E-state index in [1.54, 1.807) is 7.11 Å². The predicted molar refractivity (Wildman–Crippen MR) is 121 cm³/mol. The SMILES string of the molecule is COc1cc(N2CCN(S(=O)(=O)c3c[nH]cn3)CC2)ccc1C1(N)N=C(N)c2[nH]cnc2N1. The molecule has 4 heterocycles. The van der Waals surface area contributed by atoms with Crippen LogP contribution in [0.2, 0.25) is 0 Å². The van der Waals surface area contributed by atoms with Gasteiger partial charge in [-0.05, 0) is 12.1 Å². The molecule has 2 aromatic heterocycles. The van der Waals surface area contributed by atoms with E-state index in [9.17, 15) is 8.42 Å². The van der Waals surface area contributed by atoms with Gasteiger partial charge in [0, 0.05) is 44.1 Å². The number of nitrogens with one attached hydrogen (secondary N) is 3. The highest BCUT2D eigenvalue weighted by molar-refractivity contribution is 7.89. The van der Waals surface area contributed by atoms with Gasteiger partial charge in [-0.2, -0.15) is 4.31 Å². The summed E-state index contributed by atoms with van der Waals surface area (Å²) in [6, 6.07) is 5.58. The molecule has 174 valence electrons. The third-order valence-corrected chi connectivity index (χ3v) is 7.57. The molecule has 1 fully saturated rings. The number of ether oxygens (including phenoxy) is 1. The number of H-pyrrole nitrogens is 2. The molecule has 14 heteroatoms. The summed E-state index contributed by atoms with van der Waals surface area (Å²) in [6.07, 6.45) is 4.25. The van der Waals surface area contributed by atoms with Gasteiger partial charge >= 0.3 is 0 Å². The number of nitrogens with zero attached hydrogens (tertiary/aromatic N) is 5. The molecule has 2 aliphatic rings. The molecular formula is C19H24N10O3S. The molecule has 0 aliphatic carbocycles. The number of aromatic amines is 2. The molecule has 0 radical (unpaired) electrons. The van der Waals surface area contributed by atoms with Crippen LogP contribution in [0.25, 0.3) is 0 Å². The highest BCUT2D eigenvalue weighted by atomic mass is 32.2. The van der Waals surface area contributed by atoms with Gasteiger partial charge in [-0.25, -0.2) is 23.4 Å². The van der Waals surface area contributed by atoms with E-state index in [4.69, 9.17) is 16.2 Å². The fraction of sp³-hybridized carbons (Fsp3) is 0.316. The zero-order valence-electron chi connectivity index (χ0n) is 17.8. The van der Waals surface area contributed by atoms with E-state index in [1.807, 2.05) is 18.2 Å². The summed E-state index contributed by atoms with van der Waals surface area (Å²) in [5, 5.41) is 3.13. The lowest BCUT2D eigenvalue weighted by Gasteiger charge is -2.36. The van der Waals surface area contributed by atoms with Crippen molar-refractivity contribution < 1.29 is 13.2 Å². The largest absolute Gasteiger partial charge is 0.496 e. The number of rotatable bonds is 5. The molecule has 1 saturated heterocycles. The molecule has 1 aromatic carbocycles. The molecule has 33 heavy (non-hydrogen) atoms. The van der Waals surface area contributed by atoms with Crippen molar-refractivity contribution in [2.75, 3.05) is 43.5 Å². The van der Waals surface area contributed by atoms with Gasteiger partial charge in [0.2, 0.25) is 5.79 Å². The molecule has 1 unspecified atom stereocenters. The monoisotopic (exact) mass is 472 g/mol. The summed E-state index contributed by atoms with van der Waals surface area (Å²) in [4.78, 5) is 20.2. The van der Waals surface area contributed by atoms with Crippen molar-refractivity contribution in [3.63, 3.8) is 0 Å². The van der Waals surface area contributed by atoms with E-state index in [1.165, 1.54) is 23.2 Å². The Morgan fingerprint density at radius 2 is 1.94 bits per heavy atom. The fourth-order valence-electron chi connectivity index (χ4n) is 4.06. The molecule has 5 rings (SSSR count). The van der Waals surface area contributed by atoms with Crippen molar-refractivity contribution in [1.29, 1.82) is 0 Å². The zero-order chi connectivity index (χ0) is 23.2. The average molecular weight is 473 g/mol. The number of hydrogen-bond acceptors (Lipinski definition) is 10. The Labute approximate surface area is 189 Å². The van der Waals surface area contributed by atoms with E-state index in [0.29, 0.717) is 49.0 Å². The van der Waals surface area contributed by atoms with E-state index in [0.717, 1.165) is 5.69 Å². The van der Waals surface area contributed by atoms with Crippen LogP contribution in [0, 0.1) is 0 Å². The second-order valence-corrected chi connectivity index (χ2v) is 9.58. The average Bonchev–Trinajstić information content (AvgIpc) is 3.51. The maximum Gasteiger partial charge on any atom is 0.262 e. The molecule has 13 nitrogen and oxygen atoms in total. The highest BCUT2D eigenvalue weighted by Gasteiger charge is 2.37. The second-order valence-electron chi connectivity index (χ2n) is 7.70. The predicted octanol–water partition coefficient (Wildman–Crippen LogP) is -0.448. The number of methoxy groups -OCH3 is 1. The molecule has 7 N–H and O–H groups in total. The van der Waals surface area contributed by atoms with Crippen LogP contribution in [0.5, 0.6) is 5.75 Å². The highest BCUT2D eigenvalue weighted by Crippen LogP contribution is 2.36. The topological polar surface area (TPSA) is 184 Å². The van der Waals surface area contributed by atoms with Gasteiger partial charge in [-0.3, -0.25) is 5.73 Å². The lowest BCUT2D eigenvalue weighted by Crippen LogP contribution is -2.49. The Morgan fingerprint density at radius 1 is 1.15 bits per heavy atom. The van der Waals surface area contributed by atoms with Crippen molar-refractivity contribution in [1.82, 2.24) is 24.2 Å². The smallest absolute Gasteiger partial charge is 0.262 e. The van der Waals surface area contributed by atoms with Gasteiger partial charge in [-0.15, -0.1) is 0 Å². The number of fused-ring (bicyclic) bond motifs is 1. The molecule has 3 aromatic rings. The number of benzene rings is 1. The fourth-order valence-corrected chi connectivity index (χ4v) is 5.38. The Kier molecular flexibility index (Phi) is 4.99. The number of hydrogen-bond donors (Lipinski definition) is 5. The number of nitrogens with two attached hydrogens (primary N) is 2. The summed E-state index contributed by atoms with van der Waals surface area (Å²) in [5.41, 5.74) is 14.7. The number of aromatic nitrogens is 4. The summed E-state index contributed by atoms with van der Waals surface area (Å²) in [5.74, 6) is -0.0916. The summed E-state index contributed by atoms with van der Waals surface area (Å²) in [7, 11) is -2.06. The van der Waals surface area contributed by atoms with Gasteiger partial charge in [0.1, 0.15) is 11.4 Å². The molecule has 0 amide bonds.